The van der Waals surface area contributed by atoms with Crippen LogP contribution in [0, 0.1) is 12.8 Å². The highest BCUT2D eigenvalue weighted by Gasteiger charge is 2.24. The van der Waals surface area contributed by atoms with Gasteiger partial charge in [0.1, 0.15) is 0 Å². The number of nitrogens with one attached hydrogen (secondary N) is 2. The van der Waals surface area contributed by atoms with Crippen LogP contribution in [-0.4, -0.2) is 20.9 Å². The highest BCUT2D eigenvalue weighted by molar-refractivity contribution is 7.89. The van der Waals surface area contributed by atoms with E-state index < -0.39 is 16.1 Å². The van der Waals surface area contributed by atoms with E-state index in [-0.39, 0.29) is 10.8 Å². The van der Waals surface area contributed by atoms with Crippen LogP contribution in [-0.2, 0) is 10.0 Å². The van der Waals surface area contributed by atoms with Crippen LogP contribution in [0.2, 0.25) is 0 Å². The van der Waals surface area contributed by atoms with Gasteiger partial charge >= 0.3 is 0 Å². The minimum Gasteiger partial charge on any atom is -0.352 e. The highest BCUT2D eigenvalue weighted by atomic mass is 32.2. The minimum absolute atomic E-state index is 0.0599. The first-order valence-corrected chi connectivity index (χ1v) is 11.8. The highest BCUT2D eigenvalue weighted by Crippen LogP contribution is 2.25. The minimum atomic E-state index is -3.89. The summed E-state index contributed by atoms with van der Waals surface area (Å²) in [5.74, 6) is 0.0289. The van der Waals surface area contributed by atoms with Crippen molar-refractivity contribution >= 4 is 15.9 Å². The number of carbonyl (C=O) groups is 1. The van der Waals surface area contributed by atoms with E-state index in [0.717, 1.165) is 16.7 Å². The topological polar surface area (TPSA) is 75.3 Å². The second kappa shape index (κ2) is 9.90. The summed E-state index contributed by atoms with van der Waals surface area (Å²) in [5, 5.41) is 2.86. The van der Waals surface area contributed by atoms with Gasteiger partial charge in [-0.1, -0.05) is 80.6 Å². The number of rotatable bonds is 8. The molecule has 6 heteroatoms. The van der Waals surface area contributed by atoms with E-state index in [9.17, 15) is 13.2 Å². The molecule has 0 spiro atoms. The number of benzene rings is 3. The molecule has 0 aliphatic carbocycles. The number of aryl methyl sites for hydroxylation is 1. The van der Waals surface area contributed by atoms with Crippen molar-refractivity contribution in [2.24, 2.45) is 5.92 Å². The summed E-state index contributed by atoms with van der Waals surface area (Å²) >= 11 is 0. The van der Waals surface area contributed by atoms with Crippen LogP contribution in [0.5, 0.6) is 0 Å². The number of sulfonamides is 1. The van der Waals surface area contributed by atoms with Gasteiger partial charge in [-0.15, -0.1) is 0 Å². The molecule has 3 rings (SSSR count). The van der Waals surface area contributed by atoms with Crippen LogP contribution in [0.4, 0.5) is 0 Å². The number of hydrogen-bond acceptors (Lipinski definition) is 3. The van der Waals surface area contributed by atoms with Crippen molar-refractivity contribution in [1.29, 1.82) is 0 Å². The molecule has 3 aromatic rings. The average molecular weight is 437 g/mol. The molecule has 2 N–H and O–H groups in total. The maximum Gasteiger partial charge on any atom is 0.251 e. The quantitative estimate of drug-likeness (QED) is 0.548. The van der Waals surface area contributed by atoms with E-state index >= 15 is 0 Å². The van der Waals surface area contributed by atoms with Crippen molar-refractivity contribution in [1.82, 2.24) is 10.0 Å². The first-order valence-electron chi connectivity index (χ1n) is 10.3. The Morgan fingerprint density at radius 3 is 1.94 bits per heavy atom. The zero-order chi connectivity index (χ0) is 22.4. The first-order chi connectivity index (χ1) is 14.8. The predicted molar refractivity (Wildman–Crippen MR) is 123 cm³/mol. The van der Waals surface area contributed by atoms with Gasteiger partial charge in [0.25, 0.3) is 5.91 Å². The Morgan fingerprint density at radius 2 is 1.42 bits per heavy atom. The standard InChI is InChI=1S/C25H28N2O3S/c1-18(2)17-26-25(28)23-16-22(15-14-19(23)3)31(29,30)27-24(20-10-6-4-7-11-20)21-12-8-5-9-13-21/h4-16,18,24,27H,17H2,1-3H3,(H,26,28). The van der Waals surface area contributed by atoms with E-state index in [4.69, 9.17) is 0 Å². The molecule has 0 aromatic heterocycles. The Bertz CT molecular complexity index is 1090. The van der Waals surface area contributed by atoms with Crippen LogP contribution in [0.25, 0.3) is 0 Å². The molecule has 0 radical (unpaired) electrons. The molecule has 31 heavy (non-hydrogen) atoms. The molecule has 0 saturated carbocycles. The van der Waals surface area contributed by atoms with Crippen molar-refractivity contribution in [3.05, 3.63) is 101 Å². The van der Waals surface area contributed by atoms with Crippen LogP contribution >= 0.6 is 0 Å². The van der Waals surface area contributed by atoms with Crippen molar-refractivity contribution in [3.63, 3.8) is 0 Å². The molecule has 0 unspecified atom stereocenters. The van der Waals surface area contributed by atoms with Gasteiger partial charge in [-0.25, -0.2) is 8.42 Å². The lowest BCUT2D eigenvalue weighted by molar-refractivity contribution is 0.0948. The Balaban J connectivity index is 1.94. The fraction of sp³-hybridized carbons (Fsp3) is 0.240. The van der Waals surface area contributed by atoms with E-state index in [2.05, 4.69) is 10.0 Å². The molecule has 162 valence electrons. The lowest BCUT2D eigenvalue weighted by atomic mass is 10.00. The third kappa shape index (κ3) is 5.81. The molecule has 0 heterocycles. The fourth-order valence-corrected chi connectivity index (χ4v) is 4.49. The molecule has 0 saturated heterocycles. The molecule has 0 aliphatic heterocycles. The molecule has 0 atom stereocenters. The van der Waals surface area contributed by atoms with Gasteiger partial charge in [0.05, 0.1) is 10.9 Å². The first kappa shape index (κ1) is 22.7. The molecule has 0 fully saturated rings. The van der Waals surface area contributed by atoms with Crippen molar-refractivity contribution < 1.29 is 13.2 Å². The number of hydrogen-bond donors (Lipinski definition) is 2. The Morgan fingerprint density at radius 1 is 0.871 bits per heavy atom. The SMILES string of the molecule is Cc1ccc(S(=O)(=O)NC(c2ccccc2)c2ccccc2)cc1C(=O)NCC(C)C. The maximum atomic E-state index is 13.3. The van der Waals surface area contributed by atoms with Gasteiger partial charge in [0, 0.05) is 12.1 Å². The van der Waals surface area contributed by atoms with Crippen LogP contribution < -0.4 is 10.0 Å². The van der Waals surface area contributed by atoms with E-state index in [1.807, 2.05) is 74.5 Å². The second-order valence-electron chi connectivity index (χ2n) is 7.96. The molecule has 0 aliphatic rings. The average Bonchev–Trinajstić information content (AvgIpc) is 2.77. The normalized spacial score (nSPS) is 11.6. The predicted octanol–water partition coefficient (Wildman–Crippen LogP) is 4.45. The van der Waals surface area contributed by atoms with Crippen LogP contribution in [0.3, 0.4) is 0 Å². The molecule has 0 bridgehead atoms. The van der Waals surface area contributed by atoms with Gasteiger partial charge < -0.3 is 5.32 Å². The van der Waals surface area contributed by atoms with Gasteiger partial charge in [0.15, 0.2) is 0 Å². The monoisotopic (exact) mass is 436 g/mol. The summed E-state index contributed by atoms with van der Waals surface area (Å²) in [6.07, 6.45) is 0. The zero-order valence-corrected chi connectivity index (χ0v) is 18.8. The van der Waals surface area contributed by atoms with Crippen molar-refractivity contribution in [3.8, 4) is 0 Å². The summed E-state index contributed by atoms with van der Waals surface area (Å²) < 4.78 is 29.4. The number of carbonyl (C=O) groups excluding carboxylic acids is 1. The maximum absolute atomic E-state index is 13.3. The third-order valence-electron chi connectivity index (χ3n) is 4.97. The lowest BCUT2D eigenvalue weighted by Gasteiger charge is -2.20. The third-order valence-corrected chi connectivity index (χ3v) is 6.39. The zero-order valence-electron chi connectivity index (χ0n) is 18.0. The molecule has 5 nitrogen and oxygen atoms in total. The Hall–Kier alpha value is -2.96. The second-order valence-corrected chi connectivity index (χ2v) is 9.67. The molecule has 1 amide bonds. The number of amides is 1. The summed E-state index contributed by atoms with van der Waals surface area (Å²) in [6, 6.07) is 22.9. The molecular weight excluding hydrogens is 408 g/mol. The largest absolute Gasteiger partial charge is 0.352 e. The van der Waals surface area contributed by atoms with Crippen molar-refractivity contribution in [2.45, 2.75) is 31.7 Å². The Kier molecular flexibility index (Phi) is 7.25. The van der Waals surface area contributed by atoms with Crippen molar-refractivity contribution in [2.75, 3.05) is 6.54 Å². The van der Waals surface area contributed by atoms with E-state index in [0.29, 0.717) is 18.0 Å². The van der Waals surface area contributed by atoms with Crippen LogP contribution in [0.1, 0.15) is 46.9 Å². The Labute approximate surface area is 184 Å². The summed E-state index contributed by atoms with van der Waals surface area (Å²) in [7, 11) is -3.89. The summed E-state index contributed by atoms with van der Waals surface area (Å²) in [6.45, 7) is 6.33. The van der Waals surface area contributed by atoms with E-state index in [1.165, 1.54) is 12.1 Å². The van der Waals surface area contributed by atoms with Crippen LogP contribution in [0.15, 0.2) is 83.8 Å². The van der Waals surface area contributed by atoms with Gasteiger partial charge in [-0.05, 0) is 41.7 Å². The lowest BCUT2D eigenvalue weighted by Crippen LogP contribution is -2.31. The van der Waals surface area contributed by atoms with Gasteiger partial charge in [-0.3, -0.25) is 4.79 Å². The van der Waals surface area contributed by atoms with Gasteiger partial charge in [0.2, 0.25) is 10.0 Å². The van der Waals surface area contributed by atoms with Gasteiger partial charge in [-0.2, -0.15) is 4.72 Å². The summed E-state index contributed by atoms with van der Waals surface area (Å²) in [5.41, 5.74) is 2.75. The summed E-state index contributed by atoms with van der Waals surface area (Å²) in [4.78, 5) is 12.6. The smallest absolute Gasteiger partial charge is 0.251 e. The fourth-order valence-electron chi connectivity index (χ4n) is 3.25. The molecule has 3 aromatic carbocycles. The molecular formula is C25H28N2O3S. The van der Waals surface area contributed by atoms with E-state index in [1.54, 1.807) is 13.0 Å².